The van der Waals surface area contributed by atoms with E-state index in [0.29, 0.717) is 5.56 Å². The van der Waals surface area contributed by atoms with Gasteiger partial charge in [0, 0.05) is 30.4 Å². The minimum absolute atomic E-state index is 0.00811. The molecular formula is C21H17F2N3O2. The highest BCUT2D eigenvalue weighted by Crippen LogP contribution is 2.08. The number of nitrogens with zero attached hydrogens (tertiary/aromatic N) is 1. The van der Waals surface area contributed by atoms with Crippen LogP contribution < -0.4 is 10.6 Å². The van der Waals surface area contributed by atoms with Crippen LogP contribution >= 0.6 is 0 Å². The van der Waals surface area contributed by atoms with Crippen LogP contribution in [0.5, 0.6) is 0 Å². The van der Waals surface area contributed by atoms with E-state index < -0.39 is 17.6 Å². The van der Waals surface area contributed by atoms with E-state index in [-0.39, 0.29) is 30.2 Å². The second-order valence-corrected chi connectivity index (χ2v) is 6.01. The maximum absolute atomic E-state index is 13.6. The molecule has 2 N–H and O–H groups in total. The number of halogens is 2. The highest BCUT2D eigenvalue weighted by Gasteiger charge is 2.12. The van der Waals surface area contributed by atoms with Gasteiger partial charge in [-0.05, 0) is 35.9 Å². The second-order valence-electron chi connectivity index (χ2n) is 6.01. The van der Waals surface area contributed by atoms with Gasteiger partial charge in [-0.2, -0.15) is 0 Å². The summed E-state index contributed by atoms with van der Waals surface area (Å²) in [7, 11) is 0. The number of aromatic nitrogens is 1. The summed E-state index contributed by atoms with van der Waals surface area (Å²) in [5.41, 5.74) is 1.40. The zero-order valence-corrected chi connectivity index (χ0v) is 14.8. The molecule has 0 spiro atoms. The molecule has 1 aromatic heterocycles. The molecule has 0 saturated carbocycles. The van der Waals surface area contributed by atoms with Crippen molar-refractivity contribution in [2.24, 2.45) is 0 Å². The minimum atomic E-state index is -0.517. The van der Waals surface area contributed by atoms with Crippen molar-refractivity contribution >= 4 is 11.8 Å². The molecule has 0 aliphatic heterocycles. The third-order valence-corrected chi connectivity index (χ3v) is 4.02. The Morgan fingerprint density at radius 2 is 1.57 bits per heavy atom. The molecule has 3 rings (SSSR count). The Kier molecular flexibility index (Phi) is 6.06. The highest BCUT2D eigenvalue weighted by molar-refractivity contribution is 5.98. The van der Waals surface area contributed by atoms with E-state index in [9.17, 15) is 18.4 Å². The van der Waals surface area contributed by atoms with Crippen LogP contribution in [0.25, 0.3) is 0 Å². The van der Waals surface area contributed by atoms with Crippen molar-refractivity contribution in [2.45, 2.75) is 13.1 Å². The molecule has 142 valence electrons. The summed E-state index contributed by atoms with van der Waals surface area (Å²) in [6.45, 7) is 0.227. The summed E-state index contributed by atoms with van der Waals surface area (Å²) in [5.74, 6) is -1.67. The SMILES string of the molecule is O=C(NCc1ccc(F)cc1)c1ccnc(C(=O)NCc2ccccc2F)c1. The Balaban J connectivity index is 1.60. The van der Waals surface area contributed by atoms with Gasteiger partial charge in [-0.3, -0.25) is 14.6 Å². The molecule has 0 radical (unpaired) electrons. The molecule has 0 saturated heterocycles. The van der Waals surface area contributed by atoms with Crippen LogP contribution in [-0.4, -0.2) is 16.8 Å². The minimum Gasteiger partial charge on any atom is -0.348 e. The van der Waals surface area contributed by atoms with Crippen molar-refractivity contribution < 1.29 is 18.4 Å². The lowest BCUT2D eigenvalue weighted by Gasteiger charge is -2.08. The van der Waals surface area contributed by atoms with E-state index in [1.54, 1.807) is 30.3 Å². The maximum Gasteiger partial charge on any atom is 0.270 e. The summed E-state index contributed by atoms with van der Waals surface area (Å²) >= 11 is 0. The van der Waals surface area contributed by atoms with Gasteiger partial charge in [0.1, 0.15) is 17.3 Å². The van der Waals surface area contributed by atoms with Gasteiger partial charge in [0.2, 0.25) is 0 Å². The Bertz CT molecular complexity index is 991. The molecule has 2 aromatic carbocycles. The molecule has 2 amide bonds. The molecule has 1 heterocycles. The average molecular weight is 381 g/mol. The number of pyridine rings is 1. The fourth-order valence-corrected chi connectivity index (χ4v) is 2.49. The summed E-state index contributed by atoms with van der Waals surface area (Å²) in [5, 5.41) is 5.27. The largest absolute Gasteiger partial charge is 0.348 e. The van der Waals surface area contributed by atoms with Crippen molar-refractivity contribution in [3.8, 4) is 0 Å². The van der Waals surface area contributed by atoms with E-state index >= 15 is 0 Å². The molecule has 0 fully saturated rings. The first-order valence-corrected chi connectivity index (χ1v) is 8.53. The molecule has 3 aromatic rings. The Labute approximate surface area is 160 Å². The van der Waals surface area contributed by atoms with E-state index in [0.717, 1.165) is 5.56 Å². The van der Waals surface area contributed by atoms with Crippen LogP contribution in [0.2, 0.25) is 0 Å². The van der Waals surface area contributed by atoms with Crippen LogP contribution in [0.15, 0.2) is 66.9 Å². The molecule has 7 heteroatoms. The van der Waals surface area contributed by atoms with Crippen LogP contribution in [0.3, 0.4) is 0 Å². The van der Waals surface area contributed by atoms with Gasteiger partial charge in [0.15, 0.2) is 0 Å². The number of rotatable bonds is 6. The molecule has 0 bridgehead atoms. The van der Waals surface area contributed by atoms with E-state index in [1.165, 1.54) is 36.5 Å². The summed E-state index contributed by atoms with van der Waals surface area (Å²) in [6, 6.07) is 14.7. The van der Waals surface area contributed by atoms with Gasteiger partial charge >= 0.3 is 0 Å². The lowest BCUT2D eigenvalue weighted by atomic mass is 10.1. The number of benzene rings is 2. The van der Waals surface area contributed by atoms with Crippen molar-refractivity contribution in [3.63, 3.8) is 0 Å². The van der Waals surface area contributed by atoms with Gasteiger partial charge in [-0.1, -0.05) is 30.3 Å². The number of amides is 2. The van der Waals surface area contributed by atoms with E-state index in [1.807, 2.05) is 0 Å². The standard InChI is InChI=1S/C21H17F2N3O2/c22-17-7-5-14(6-8-17)12-25-20(27)15-9-10-24-19(11-15)21(28)26-13-16-3-1-2-4-18(16)23/h1-11H,12-13H2,(H,25,27)(H,26,28). The molecule has 0 atom stereocenters. The Morgan fingerprint density at radius 3 is 2.32 bits per heavy atom. The smallest absolute Gasteiger partial charge is 0.270 e. The quantitative estimate of drug-likeness (QED) is 0.689. The van der Waals surface area contributed by atoms with Crippen LogP contribution in [0.1, 0.15) is 32.0 Å². The van der Waals surface area contributed by atoms with Crippen molar-refractivity contribution in [3.05, 3.63) is 101 Å². The Morgan fingerprint density at radius 1 is 0.857 bits per heavy atom. The van der Waals surface area contributed by atoms with Gasteiger partial charge < -0.3 is 10.6 Å². The third-order valence-electron chi connectivity index (χ3n) is 4.02. The fraction of sp³-hybridized carbons (Fsp3) is 0.0952. The number of nitrogens with one attached hydrogen (secondary N) is 2. The summed E-state index contributed by atoms with van der Waals surface area (Å²) in [4.78, 5) is 28.5. The van der Waals surface area contributed by atoms with Crippen LogP contribution in [0, 0.1) is 11.6 Å². The Hall–Kier alpha value is -3.61. The maximum atomic E-state index is 13.6. The lowest BCUT2D eigenvalue weighted by molar-refractivity contribution is 0.0945. The first-order valence-electron chi connectivity index (χ1n) is 8.53. The molecule has 0 unspecified atom stereocenters. The second kappa shape index (κ2) is 8.85. The highest BCUT2D eigenvalue weighted by atomic mass is 19.1. The molecule has 0 aliphatic rings. The van der Waals surface area contributed by atoms with E-state index in [4.69, 9.17) is 0 Å². The predicted molar refractivity (Wildman–Crippen MR) is 99.4 cm³/mol. The number of hydrogen-bond acceptors (Lipinski definition) is 3. The van der Waals surface area contributed by atoms with Crippen molar-refractivity contribution in [1.29, 1.82) is 0 Å². The monoisotopic (exact) mass is 381 g/mol. The predicted octanol–water partition coefficient (Wildman–Crippen LogP) is 3.22. The topological polar surface area (TPSA) is 71.1 Å². The third kappa shape index (κ3) is 4.97. The summed E-state index contributed by atoms with van der Waals surface area (Å²) in [6.07, 6.45) is 1.35. The van der Waals surface area contributed by atoms with Crippen molar-refractivity contribution in [2.75, 3.05) is 0 Å². The number of carbonyl (C=O) groups excluding carboxylic acids is 2. The van der Waals surface area contributed by atoms with Gasteiger partial charge in [0.25, 0.3) is 11.8 Å². The van der Waals surface area contributed by atoms with Crippen LogP contribution in [0.4, 0.5) is 8.78 Å². The van der Waals surface area contributed by atoms with E-state index in [2.05, 4.69) is 15.6 Å². The van der Waals surface area contributed by atoms with Gasteiger partial charge in [-0.25, -0.2) is 8.78 Å². The number of carbonyl (C=O) groups is 2. The fourth-order valence-electron chi connectivity index (χ4n) is 2.49. The van der Waals surface area contributed by atoms with Gasteiger partial charge in [-0.15, -0.1) is 0 Å². The summed E-state index contributed by atoms with van der Waals surface area (Å²) < 4.78 is 26.5. The first kappa shape index (κ1) is 19.2. The number of hydrogen-bond donors (Lipinski definition) is 2. The van der Waals surface area contributed by atoms with Crippen LogP contribution in [-0.2, 0) is 13.1 Å². The molecular weight excluding hydrogens is 364 g/mol. The molecule has 0 aliphatic carbocycles. The van der Waals surface area contributed by atoms with Crippen molar-refractivity contribution in [1.82, 2.24) is 15.6 Å². The molecule has 28 heavy (non-hydrogen) atoms. The lowest BCUT2D eigenvalue weighted by Crippen LogP contribution is -2.26. The molecule has 5 nitrogen and oxygen atoms in total. The zero-order chi connectivity index (χ0) is 19.9. The first-order chi connectivity index (χ1) is 13.5. The zero-order valence-electron chi connectivity index (χ0n) is 14.8. The van der Waals surface area contributed by atoms with Gasteiger partial charge in [0.05, 0.1) is 0 Å². The normalized spacial score (nSPS) is 10.4. The average Bonchev–Trinajstić information content (AvgIpc) is 2.72.